The van der Waals surface area contributed by atoms with E-state index < -0.39 is 6.61 Å². The lowest BCUT2D eigenvalue weighted by Gasteiger charge is -2.28. The Morgan fingerprint density at radius 3 is 2.06 bits per heavy atom. The van der Waals surface area contributed by atoms with Gasteiger partial charge in [0.25, 0.3) is 5.91 Å². The number of carbonyl (C=O) groups excluding carboxylic acids is 1. The van der Waals surface area contributed by atoms with Gasteiger partial charge in [0, 0.05) is 30.8 Å². The van der Waals surface area contributed by atoms with Crippen molar-refractivity contribution in [1.29, 1.82) is 0 Å². The zero-order chi connectivity index (χ0) is 23.3. The Bertz CT molecular complexity index is 983. The lowest BCUT2D eigenvalue weighted by molar-refractivity contribution is -0.0512. The molecule has 2 aromatic carbocycles. The molecule has 0 N–H and O–H groups in total. The molecule has 0 spiro atoms. The van der Waals surface area contributed by atoms with Crippen LogP contribution < -0.4 is 23.7 Å². The van der Waals surface area contributed by atoms with Crippen molar-refractivity contribution in [1.82, 2.24) is 4.90 Å². The summed E-state index contributed by atoms with van der Waals surface area (Å²) in [5.74, 6) is 1.55. The van der Waals surface area contributed by atoms with Crippen molar-refractivity contribution >= 4 is 11.5 Å². The Kier molecular flexibility index (Phi) is 7.40. The lowest BCUT2D eigenvalue weighted by atomic mass is 9.96. The van der Waals surface area contributed by atoms with Crippen LogP contribution in [0.3, 0.4) is 0 Å². The molecule has 0 fully saturated rings. The second-order valence-electron chi connectivity index (χ2n) is 6.88. The molecule has 1 aliphatic heterocycles. The van der Waals surface area contributed by atoms with E-state index in [1.54, 1.807) is 38.4 Å². The Morgan fingerprint density at radius 2 is 1.56 bits per heavy atom. The molecular weight excluding hydrogens is 424 g/mol. The van der Waals surface area contributed by atoms with Gasteiger partial charge in [-0.1, -0.05) is 6.08 Å². The van der Waals surface area contributed by atoms with E-state index in [2.05, 4.69) is 4.74 Å². The Labute approximate surface area is 185 Å². The topological polar surface area (TPSA) is 66.5 Å². The maximum absolute atomic E-state index is 13.0. The van der Waals surface area contributed by atoms with Crippen molar-refractivity contribution in [2.24, 2.45) is 0 Å². The average molecular weight is 449 g/mol. The number of hydrogen-bond donors (Lipinski definition) is 0. The Morgan fingerprint density at radius 1 is 0.906 bits per heavy atom. The summed E-state index contributed by atoms with van der Waals surface area (Å²) in [5.41, 5.74) is 2.13. The van der Waals surface area contributed by atoms with E-state index in [1.807, 2.05) is 6.08 Å². The molecule has 0 saturated heterocycles. The van der Waals surface area contributed by atoms with Gasteiger partial charge in [-0.2, -0.15) is 8.78 Å². The van der Waals surface area contributed by atoms with Crippen molar-refractivity contribution in [3.8, 4) is 28.7 Å². The van der Waals surface area contributed by atoms with Crippen LogP contribution in [0.2, 0.25) is 0 Å². The first-order chi connectivity index (χ1) is 15.4. The van der Waals surface area contributed by atoms with Crippen LogP contribution in [-0.2, 0) is 0 Å². The van der Waals surface area contributed by atoms with Gasteiger partial charge >= 0.3 is 6.61 Å². The van der Waals surface area contributed by atoms with Gasteiger partial charge in [0.15, 0.2) is 11.5 Å². The van der Waals surface area contributed by atoms with Gasteiger partial charge in [0.1, 0.15) is 17.2 Å². The summed E-state index contributed by atoms with van der Waals surface area (Å²) >= 11 is 0. The zero-order valence-electron chi connectivity index (χ0n) is 18.3. The van der Waals surface area contributed by atoms with Crippen molar-refractivity contribution in [2.75, 3.05) is 41.5 Å². The molecule has 0 saturated carbocycles. The van der Waals surface area contributed by atoms with Crippen molar-refractivity contribution in [3.63, 3.8) is 0 Å². The number of benzene rings is 2. The largest absolute Gasteiger partial charge is 0.496 e. The van der Waals surface area contributed by atoms with E-state index in [4.69, 9.17) is 18.9 Å². The minimum atomic E-state index is -2.98. The Hall–Kier alpha value is -3.49. The van der Waals surface area contributed by atoms with Crippen LogP contribution in [0.4, 0.5) is 8.78 Å². The summed E-state index contributed by atoms with van der Waals surface area (Å²) in [4.78, 5) is 14.6. The predicted molar refractivity (Wildman–Crippen MR) is 114 cm³/mol. The van der Waals surface area contributed by atoms with E-state index in [-0.39, 0.29) is 17.4 Å². The van der Waals surface area contributed by atoms with E-state index in [0.29, 0.717) is 42.3 Å². The molecule has 0 aromatic heterocycles. The minimum Gasteiger partial charge on any atom is -0.496 e. The minimum absolute atomic E-state index is 0.0668. The number of methoxy groups -OCH3 is 4. The monoisotopic (exact) mass is 449 g/mol. The standard InChI is InChI=1S/C23H25F2NO6/c1-28-16-12-19(30-3)21(20(13-16)31-4)14-7-9-26(10-8-14)22(27)15-5-6-17(32-23(24)25)18(11-15)29-2/h5-7,11-13,23H,8-10H2,1-4H3. The highest BCUT2D eigenvalue weighted by Gasteiger charge is 2.24. The van der Waals surface area contributed by atoms with E-state index in [0.717, 1.165) is 11.1 Å². The summed E-state index contributed by atoms with van der Waals surface area (Å²) in [7, 11) is 6.04. The van der Waals surface area contributed by atoms with Gasteiger partial charge in [0.2, 0.25) is 0 Å². The highest BCUT2D eigenvalue weighted by molar-refractivity contribution is 5.95. The highest BCUT2D eigenvalue weighted by Crippen LogP contribution is 2.41. The molecule has 9 heteroatoms. The maximum Gasteiger partial charge on any atom is 0.387 e. The van der Waals surface area contributed by atoms with Crippen LogP contribution in [0.15, 0.2) is 36.4 Å². The van der Waals surface area contributed by atoms with E-state index in [1.165, 1.54) is 25.3 Å². The molecule has 0 atom stereocenters. The molecule has 2 aromatic rings. The smallest absolute Gasteiger partial charge is 0.387 e. The van der Waals surface area contributed by atoms with Gasteiger partial charge in [0.05, 0.1) is 34.0 Å². The predicted octanol–water partition coefficient (Wildman–Crippen LogP) is 4.25. The van der Waals surface area contributed by atoms with Crippen LogP contribution in [0.25, 0.3) is 5.57 Å². The molecule has 1 amide bonds. The fourth-order valence-corrected chi connectivity index (χ4v) is 3.58. The zero-order valence-corrected chi connectivity index (χ0v) is 18.3. The SMILES string of the molecule is COc1cc(OC)c(C2=CCN(C(=O)c3ccc(OC(F)F)c(OC)c3)CC2)c(OC)c1. The van der Waals surface area contributed by atoms with E-state index >= 15 is 0 Å². The number of halogens is 2. The quantitative estimate of drug-likeness (QED) is 0.600. The molecule has 1 heterocycles. The number of hydrogen-bond acceptors (Lipinski definition) is 6. The van der Waals surface area contributed by atoms with Crippen LogP contribution in [0.1, 0.15) is 22.3 Å². The summed E-state index contributed by atoms with van der Waals surface area (Å²) in [6, 6.07) is 7.71. The number of nitrogens with zero attached hydrogens (tertiary/aromatic N) is 1. The molecule has 0 bridgehead atoms. The van der Waals surface area contributed by atoms with Gasteiger partial charge in [-0.25, -0.2) is 0 Å². The molecular formula is C23H25F2NO6. The first-order valence-electron chi connectivity index (χ1n) is 9.83. The number of carbonyl (C=O) groups is 1. The van der Waals surface area contributed by atoms with Gasteiger partial charge < -0.3 is 28.6 Å². The Balaban J connectivity index is 1.82. The third-order valence-electron chi connectivity index (χ3n) is 5.16. The number of amides is 1. The molecule has 0 aliphatic carbocycles. The second-order valence-corrected chi connectivity index (χ2v) is 6.88. The van der Waals surface area contributed by atoms with Crippen molar-refractivity contribution in [3.05, 3.63) is 47.5 Å². The van der Waals surface area contributed by atoms with Crippen LogP contribution in [0.5, 0.6) is 28.7 Å². The molecule has 3 rings (SSSR count). The first kappa shape index (κ1) is 23.2. The third-order valence-corrected chi connectivity index (χ3v) is 5.16. The fraction of sp³-hybridized carbons (Fsp3) is 0.348. The summed E-state index contributed by atoms with van der Waals surface area (Å²) in [6.45, 7) is -2.16. The number of ether oxygens (including phenoxy) is 5. The van der Waals surface area contributed by atoms with Gasteiger partial charge in [-0.05, 0) is 30.2 Å². The fourth-order valence-electron chi connectivity index (χ4n) is 3.58. The van der Waals surface area contributed by atoms with E-state index in [9.17, 15) is 13.6 Å². The molecule has 0 unspecified atom stereocenters. The van der Waals surface area contributed by atoms with Gasteiger partial charge in [-0.3, -0.25) is 4.79 Å². The first-order valence-corrected chi connectivity index (χ1v) is 9.83. The second kappa shape index (κ2) is 10.2. The molecule has 7 nitrogen and oxygen atoms in total. The molecule has 172 valence electrons. The van der Waals surface area contributed by atoms with Crippen molar-refractivity contribution < 1.29 is 37.3 Å². The third kappa shape index (κ3) is 4.87. The number of rotatable bonds is 8. The summed E-state index contributed by atoms with van der Waals surface area (Å²) in [6.07, 6.45) is 2.52. The molecule has 1 aliphatic rings. The lowest BCUT2D eigenvalue weighted by Crippen LogP contribution is -2.34. The van der Waals surface area contributed by atoms with Crippen LogP contribution >= 0.6 is 0 Å². The summed E-state index contributed by atoms with van der Waals surface area (Å²) < 4.78 is 50.9. The van der Waals surface area contributed by atoms with Crippen molar-refractivity contribution in [2.45, 2.75) is 13.0 Å². The number of alkyl halides is 2. The average Bonchev–Trinajstić information content (AvgIpc) is 2.82. The molecule has 32 heavy (non-hydrogen) atoms. The highest BCUT2D eigenvalue weighted by atomic mass is 19.3. The normalized spacial score (nSPS) is 13.5. The molecule has 0 radical (unpaired) electrons. The van der Waals surface area contributed by atoms with Gasteiger partial charge in [-0.15, -0.1) is 0 Å². The van der Waals surface area contributed by atoms with Crippen LogP contribution in [0, 0.1) is 0 Å². The van der Waals surface area contributed by atoms with Crippen LogP contribution in [-0.4, -0.2) is 58.9 Å². The summed E-state index contributed by atoms with van der Waals surface area (Å²) in [5, 5.41) is 0. The maximum atomic E-state index is 13.0.